The number of carbonyl (C=O) groups excluding carboxylic acids is 2. The Bertz CT molecular complexity index is 1400. The maximum Gasteiger partial charge on any atom is 0.262 e. The molecule has 2 amide bonds. The van der Waals surface area contributed by atoms with E-state index in [9.17, 15) is 18.0 Å². The number of sulfonamides is 1. The monoisotopic (exact) mass is 493 g/mol. The van der Waals surface area contributed by atoms with E-state index < -0.39 is 22.0 Å². The second-order valence-electron chi connectivity index (χ2n) is 8.31. The Labute approximate surface area is 202 Å². The van der Waals surface area contributed by atoms with Crippen LogP contribution in [0.4, 0.5) is 5.69 Å². The molecule has 5 rings (SSSR count). The highest BCUT2D eigenvalue weighted by Gasteiger charge is 2.33. The van der Waals surface area contributed by atoms with E-state index in [0.29, 0.717) is 36.7 Å². The van der Waals surface area contributed by atoms with Gasteiger partial charge in [-0.2, -0.15) is 0 Å². The summed E-state index contributed by atoms with van der Waals surface area (Å²) in [5.41, 5.74) is 8.15. The van der Waals surface area contributed by atoms with Crippen LogP contribution in [-0.2, 0) is 27.8 Å². The van der Waals surface area contributed by atoms with Crippen molar-refractivity contribution >= 4 is 27.5 Å². The van der Waals surface area contributed by atoms with Crippen LogP contribution in [0.15, 0.2) is 71.6 Å². The van der Waals surface area contributed by atoms with E-state index in [1.165, 1.54) is 41.3 Å². The van der Waals surface area contributed by atoms with Crippen LogP contribution in [0.1, 0.15) is 21.5 Å². The van der Waals surface area contributed by atoms with Crippen LogP contribution in [0.5, 0.6) is 11.5 Å². The molecule has 0 spiro atoms. The first kappa shape index (κ1) is 22.7. The van der Waals surface area contributed by atoms with E-state index in [0.717, 1.165) is 11.1 Å². The molecule has 0 saturated carbocycles. The maximum atomic E-state index is 13.2. The molecule has 0 radical (unpaired) electrons. The summed E-state index contributed by atoms with van der Waals surface area (Å²) in [6.45, 7) is 1.02. The molecule has 3 N–H and O–H groups in total. The predicted molar refractivity (Wildman–Crippen MR) is 128 cm³/mol. The molecule has 35 heavy (non-hydrogen) atoms. The molecule has 0 bridgehead atoms. The Morgan fingerprint density at radius 3 is 2.31 bits per heavy atom. The predicted octanol–water partition coefficient (Wildman–Crippen LogP) is 2.31. The Balaban J connectivity index is 1.34. The number of nitrogens with two attached hydrogens (primary N) is 1. The molecule has 2 aliphatic rings. The second kappa shape index (κ2) is 8.95. The lowest BCUT2D eigenvalue weighted by molar-refractivity contribution is -0.122. The number of nitrogens with one attached hydrogen (secondary N) is 1. The van der Waals surface area contributed by atoms with Crippen molar-refractivity contribution in [2.24, 2.45) is 5.73 Å². The average molecular weight is 494 g/mol. The Hall–Kier alpha value is -4.05. The molecule has 2 heterocycles. The van der Waals surface area contributed by atoms with E-state index in [1.807, 2.05) is 24.3 Å². The first-order valence-electron chi connectivity index (χ1n) is 11.0. The number of rotatable bonds is 5. The molecular formula is C25H23N3O6S. The topological polar surface area (TPSA) is 128 Å². The fraction of sp³-hybridized carbons (Fsp3) is 0.200. The first-order valence-corrected chi connectivity index (χ1v) is 12.5. The van der Waals surface area contributed by atoms with E-state index in [4.69, 9.17) is 15.2 Å². The van der Waals surface area contributed by atoms with Gasteiger partial charge < -0.3 is 20.1 Å². The lowest BCUT2D eigenvalue weighted by Crippen LogP contribution is -2.51. The number of carbonyl (C=O) groups is 2. The van der Waals surface area contributed by atoms with Gasteiger partial charge in [-0.05, 0) is 47.5 Å². The van der Waals surface area contributed by atoms with Gasteiger partial charge in [-0.15, -0.1) is 0 Å². The van der Waals surface area contributed by atoms with Gasteiger partial charge in [0, 0.05) is 30.3 Å². The Morgan fingerprint density at radius 2 is 1.60 bits per heavy atom. The normalized spacial score (nSPS) is 16.8. The van der Waals surface area contributed by atoms with Gasteiger partial charge in [0.1, 0.15) is 19.3 Å². The average Bonchev–Trinajstić information content (AvgIpc) is 2.87. The summed E-state index contributed by atoms with van der Waals surface area (Å²) in [6.07, 6.45) is 0.352. The highest BCUT2D eigenvalue weighted by Crippen LogP contribution is 2.33. The van der Waals surface area contributed by atoms with Crippen LogP contribution in [0.25, 0.3) is 0 Å². The van der Waals surface area contributed by atoms with Gasteiger partial charge >= 0.3 is 0 Å². The number of primary amides is 1. The minimum absolute atomic E-state index is 0.0261. The molecule has 0 aromatic heterocycles. The van der Waals surface area contributed by atoms with Crippen LogP contribution >= 0.6 is 0 Å². The van der Waals surface area contributed by atoms with Crippen molar-refractivity contribution in [2.75, 3.05) is 17.9 Å². The number of nitrogens with zero attached hydrogens (tertiary/aromatic N) is 1. The molecule has 2 aliphatic heterocycles. The van der Waals surface area contributed by atoms with Crippen LogP contribution in [0.3, 0.4) is 0 Å². The molecule has 180 valence electrons. The van der Waals surface area contributed by atoms with Crippen LogP contribution < -0.4 is 19.9 Å². The van der Waals surface area contributed by atoms with Crippen molar-refractivity contribution in [1.29, 1.82) is 0 Å². The van der Waals surface area contributed by atoms with Crippen LogP contribution in [0.2, 0.25) is 0 Å². The van der Waals surface area contributed by atoms with Gasteiger partial charge in [0.2, 0.25) is 5.91 Å². The third kappa shape index (κ3) is 4.52. The van der Waals surface area contributed by atoms with E-state index >= 15 is 0 Å². The molecule has 3 aromatic carbocycles. The van der Waals surface area contributed by atoms with Crippen molar-refractivity contribution < 1.29 is 27.5 Å². The van der Waals surface area contributed by atoms with Gasteiger partial charge in [-0.1, -0.05) is 24.3 Å². The number of benzene rings is 3. The fourth-order valence-corrected chi connectivity index (χ4v) is 5.32. The minimum Gasteiger partial charge on any atom is -0.486 e. The van der Waals surface area contributed by atoms with E-state index in [1.54, 1.807) is 6.07 Å². The standard InChI is InChI=1S/C25H23N3O6S/c26-24(29)21-13-17-3-1-2-4-18(17)15-28(21)25(30)16-5-7-19(8-6-16)27-35(31,32)20-9-10-22-23(14-20)34-12-11-33-22/h1-10,14,21,27H,11-13,15H2,(H2,26,29)/t21-/m1/s1. The zero-order valence-corrected chi connectivity index (χ0v) is 19.5. The number of anilines is 1. The highest BCUT2D eigenvalue weighted by molar-refractivity contribution is 7.92. The van der Waals surface area contributed by atoms with Gasteiger partial charge in [0.05, 0.1) is 4.90 Å². The molecule has 0 saturated heterocycles. The van der Waals surface area contributed by atoms with Crippen molar-refractivity contribution in [3.05, 3.63) is 83.4 Å². The molecule has 0 unspecified atom stereocenters. The van der Waals surface area contributed by atoms with Crippen molar-refractivity contribution in [1.82, 2.24) is 4.90 Å². The summed E-state index contributed by atoms with van der Waals surface area (Å²) in [6, 6.07) is 17.3. The third-order valence-electron chi connectivity index (χ3n) is 6.05. The number of amides is 2. The molecule has 10 heteroatoms. The smallest absolute Gasteiger partial charge is 0.262 e. The van der Waals surface area contributed by atoms with Gasteiger partial charge in [-0.25, -0.2) is 8.42 Å². The largest absolute Gasteiger partial charge is 0.486 e. The van der Waals surface area contributed by atoms with Gasteiger partial charge in [0.15, 0.2) is 11.5 Å². The van der Waals surface area contributed by atoms with E-state index in [-0.39, 0.29) is 23.0 Å². The zero-order chi connectivity index (χ0) is 24.6. The number of hydrogen-bond donors (Lipinski definition) is 2. The molecule has 9 nitrogen and oxygen atoms in total. The SMILES string of the molecule is NC(=O)[C@H]1Cc2ccccc2CN1C(=O)c1ccc(NS(=O)(=O)c2ccc3c(c2)OCCO3)cc1. The van der Waals surface area contributed by atoms with E-state index in [2.05, 4.69) is 4.72 Å². The quantitative estimate of drug-likeness (QED) is 0.561. The highest BCUT2D eigenvalue weighted by atomic mass is 32.2. The van der Waals surface area contributed by atoms with Crippen molar-refractivity contribution in [2.45, 2.75) is 23.9 Å². The van der Waals surface area contributed by atoms with Gasteiger partial charge in [-0.3, -0.25) is 14.3 Å². The third-order valence-corrected chi connectivity index (χ3v) is 7.42. The van der Waals surface area contributed by atoms with Crippen LogP contribution in [-0.4, -0.2) is 44.4 Å². The summed E-state index contributed by atoms with van der Waals surface area (Å²) >= 11 is 0. The van der Waals surface area contributed by atoms with Crippen molar-refractivity contribution in [3.63, 3.8) is 0 Å². The molecule has 3 aromatic rings. The number of ether oxygens (including phenoxy) is 2. The lowest BCUT2D eigenvalue weighted by Gasteiger charge is -2.35. The first-order chi connectivity index (χ1) is 16.8. The van der Waals surface area contributed by atoms with Crippen molar-refractivity contribution in [3.8, 4) is 11.5 Å². The number of fused-ring (bicyclic) bond motifs is 2. The summed E-state index contributed by atoms with van der Waals surface area (Å²) in [4.78, 5) is 26.8. The maximum absolute atomic E-state index is 13.2. The molecule has 0 fully saturated rings. The molecule has 0 aliphatic carbocycles. The zero-order valence-electron chi connectivity index (χ0n) is 18.6. The lowest BCUT2D eigenvalue weighted by atomic mass is 9.93. The molecule has 1 atom stereocenters. The summed E-state index contributed by atoms with van der Waals surface area (Å²) < 4.78 is 39.1. The number of hydrogen-bond acceptors (Lipinski definition) is 6. The fourth-order valence-electron chi connectivity index (χ4n) is 4.24. The summed E-state index contributed by atoms with van der Waals surface area (Å²) in [7, 11) is -3.90. The second-order valence-corrected chi connectivity index (χ2v) is 9.99. The minimum atomic E-state index is -3.90. The summed E-state index contributed by atoms with van der Waals surface area (Å²) in [5.74, 6) is -0.0685. The Morgan fingerprint density at radius 1 is 0.914 bits per heavy atom. The Kier molecular flexibility index (Phi) is 5.81. The molecular weight excluding hydrogens is 470 g/mol. The summed E-state index contributed by atoms with van der Waals surface area (Å²) in [5, 5.41) is 0. The van der Waals surface area contributed by atoms with Gasteiger partial charge in [0.25, 0.3) is 15.9 Å². The van der Waals surface area contributed by atoms with Crippen LogP contribution in [0, 0.1) is 0 Å².